The molecule has 0 bridgehead atoms. The maximum absolute atomic E-state index is 12.2. The van der Waals surface area contributed by atoms with Crippen LogP contribution in [0.4, 0.5) is 4.79 Å². The zero-order valence-corrected chi connectivity index (χ0v) is 16.2. The summed E-state index contributed by atoms with van der Waals surface area (Å²) in [5, 5.41) is 5.98. The van der Waals surface area contributed by atoms with Gasteiger partial charge in [-0.1, -0.05) is 30.9 Å². The van der Waals surface area contributed by atoms with Gasteiger partial charge in [0.05, 0.1) is 6.04 Å². The maximum atomic E-state index is 12.2. The van der Waals surface area contributed by atoms with E-state index in [-0.39, 0.29) is 11.9 Å². The molecule has 1 atom stereocenters. The zero-order chi connectivity index (χ0) is 18.9. The first kappa shape index (κ1) is 20.5. The van der Waals surface area contributed by atoms with Gasteiger partial charge in [0.25, 0.3) is 0 Å². The molecule has 1 aliphatic carbocycles. The second kappa shape index (κ2) is 10.4. The van der Waals surface area contributed by atoms with E-state index in [1.165, 1.54) is 6.42 Å². The Hall–Kier alpha value is -1.79. The molecule has 6 nitrogen and oxygen atoms in total. The third-order valence-electron chi connectivity index (χ3n) is 4.74. The Kier molecular flexibility index (Phi) is 8.19. The quantitative estimate of drug-likeness (QED) is 0.760. The van der Waals surface area contributed by atoms with Crippen molar-refractivity contribution in [2.75, 3.05) is 20.2 Å². The monoisotopic (exact) mass is 381 g/mol. The fourth-order valence-corrected chi connectivity index (χ4v) is 3.04. The van der Waals surface area contributed by atoms with Crippen LogP contribution in [0.15, 0.2) is 24.3 Å². The minimum atomic E-state index is -0.430. The molecule has 0 aliphatic heterocycles. The number of halogens is 1. The number of hydrogen-bond donors (Lipinski definition) is 2. The molecule has 0 heterocycles. The van der Waals surface area contributed by atoms with Gasteiger partial charge in [-0.2, -0.15) is 0 Å². The molecule has 1 aromatic carbocycles. The number of carbonyl (C=O) groups excluding carboxylic acids is 2. The molecule has 1 fully saturated rings. The van der Waals surface area contributed by atoms with E-state index in [0.717, 1.165) is 31.4 Å². The molecule has 1 aromatic rings. The van der Waals surface area contributed by atoms with E-state index < -0.39 is 12.1 Å². The van der Waals surface area contributed by atoms with Gasteiger partial charge < -0.3 is 10.1 Å². The topological polar surface area (TPSA) is 70.7 Å². The minimum Gasteiger partial charge on any atom is -0.492 e. The molecule has 0 saturated heterocycles. The molecule has 2 rings (SSSR count). The first-order valence-electron chi connectivity index (χ1n) is 9.15. The normalized spacial score (nSPS) is 16.2. The summed E-state index contributed by atoms with van der Waals surface area (Å²) in [4.78, 5) is 26.1. The van der Waals surface area contributed by atoms with Gasteiger partial charge in [-0.05, 0) is 51.1 Å². The first-order chi connectivity index (χ1) is 12.5. The molecule has 1 saturated carbocycles. The van der Waals surface area contributed by atoms with Crippen molar-refractivity contribution < 1.29 is 14.3 Å². The molecule has 3 amide bonds. The van der Waals surface area contributed by atoms with E-state index in [0.29, 0.717) is 18.2 Å². The number of likely N-dealkylation sites (N-methyl/N-ethyl adjacent to an activating group) is 1. The van der Waals surface area contributed by atoms with Crippen molar-refractivity contribution in [2.24, 2.45) is 0 Å². The van der Waals surface area contributed by atoms with Crippen molar-refractivity contribution in [3.05, 3.63) is 29.3 Å². The Balaban J connectivity index is 1.68. The third-order valence-corrected chi connectivity index (χ3v) is 5.00. The van der Waals surface area contributed by atoms with Gasteiger partial charge in [-0.25, -0.2) is 4.79 Å². The lowest BCUT2D eigenvalue weighted by molar-refractivity contribution is -0.124. The molecule has 7 heteroatoms. The highest BCUT2D eigenvalue weighted by molar-refractivity contribution is 6.30. The van der Waals surface area contributed by atoms with Crippen molar-refractivity contribution in [1.82, 2.24) is 15.5 Å². The van der Waals surface area contributed by atoms with Crippen LogP contribution < -0.4 is 15.4 Å². The second-order valence-electron chi connectivity index (χ2n) is 6.76. The average Bonchev–Trinajstić information content (AvgIpc) is 2.63. The van der Waals surface area contributed by atoms with Gasteiger partial charge in [-0.3, -0.25) is 15.0 Å². The van der Waals surface area contributed by atoms with Gasteiger partial charge in [0.1, 0.15) is 12.4 Å². The smallest absolute Gasteiger partial charge is 0.321 e. The Labute approximate surface area is 160 Å². The molecule has 0 radical (unpaired) electrons. The Morgan fingerprint density at radius 1 is 1.23 bits per heavy atom. The van der Waals surface area contributed by atoms with Crippen LogP contribution >= 0.6 is 11.6 Å². The van der Waals surface area contributed by atoms with Crippen LogP contribution in [0.2, 0.25) is 5.02 Å². The fourth-order valence-electron chi connectivity index (χ4n) is 2.92. The Bertz CT molecular complexity index is 588. The van der Waals surface area contributed by atoms with Crippen LogP contribution in [-0.4, -0.2) is 49.1 Å². The number of urea groups is 1. The highest BCUT2D eigenvalue weighted by Gasteiger charge is 2.22. The number of imide groups is 1. The summed E-state index contributed by atoms with van der Waals surface area (Å²) in [6.45, 7) is 2.76. The summed E-state index contributed by atoms with van der Waals surface area (Å²) in [5.41, 5.74) is 0. The molecule has 0 aromatic heterocycles. The summed E-state index contributed by atoms with van der Waals surface area (Å²) in [7, 11) is 1.83. The number of hydrogen-bond acceptors (Lipinski definition) is 4. The van der Waals surface area contributed by atoms with Crippen molar-refractivity contribution >= 4 is 23.5 Å². The van der Waals surface area contributed by atoms with Crippen LogP contribution in [0.1, 0.15) is 39.0 Å². The molecular formula is C19H28ClN3O3. The van der Waals surface area contributed by atoms with Crippen LogP contribution in [0.25, 0.3) is 0 Å². The lowest BCUT2D eigenvalue weighted by Gasteiger charge is -2.25. The molecule has 0 spiro atoms. The zero-order valence-electron chi connectivity index (χ0n) is 15.5. The molecule has 1 aliphatic rings. The number of nitrogens with one attached hydrogen (secondary N) is 2. The van der Waals surface area contributed by atoms with E-state index >= 15 is 0 Å². The summed E-state index contributed by atoms with van der Waals surface area (Å²) in [6.07, 6.45) is 5.45. The minimum absolute atomic E-state index is 0.178. The number of rotatable bonds is 7. The van der Waals surface area contributed by atoms with Crippen LogP contribution in [-0.2, 0) is 4.79 Å². The predicted octanol–water partition coefficient (Wildman–Crippen LogP) is 3.20. The van der Waals surface area contributed by atoms with Gasteiger partial charge in [0, 0.05) is 17.6 Å². The van der Waals surface area contributed by atoms with E-state index in [1.54, 1.807) is 31.2 Å². The highest BCUT2D eigenvalue weighted by atomic mass is 35.5. The molecule has 1 unspecified atom stereocenters. The Morgan fingerprint density at radius 2 is 1.88 bits per heavy atom. The van der Waals surface area contributed by atoms with Crippen LogP contribution in [0, 0.1) is 0 Å². The lowest BCUT2D eigenvalue weighted by Crippen LogP contribution is -2.51. The number of nitrogens with zero attached hydrogens (tertiary/aromatic N) is 1. The SMILES string of the molecule is CC(C(=O)NC(=O)NC1CCCCC1)N(C)CCOc1ccc(Cl)cc1. The first-order valence-corrected chi connectivity index (χ1v) is 9.53. The van der Waals surface area contributed by atoms with Crippen molar-refractivity contribution in [3.8, 4) is 5.75 Å². The second-order valence-corrected chi connectivity index (χ2v) is 7.19. The summed E-state index contributed by atoms with van der Waals surface area (Å²) < 4.78 is 5.63. The number of amides is 3. The molecule has 2 N–H and O–H groups in total. The molecular weight excluding hydrogens is 354 g/mol. The van der Waals surface area contributed by atoms with E-state index in [2.05, 4.69) is 10.6 Å². The lowest BCUT2D eigenvalue weighted by atomic mass is 9.96. The van der Waals surface area contributed by atoms with Crippen molar-refractivity contribution in [1.29, 1.82) is 0 Å². The number of carbonyl (C=O) groups is 2. The fraction of sp³-hybridized carbons (Fsp3) is 0.579. The van der Waals surface area contributed by atoms with Gasteiger partial charge in [0.2, 0.25) is 5.91 Å². The maximum Gasteiger partial charge on any atom is 0.321 e. The van der Waals surface area contributed by atoms with Gasteiger partial charge >= 0.3 is 6.03 Å². The summed E-state index contributed by atoms with van der Waals surface area (Å²) in [6, 6.07) is 6.48. The van der Waals surface area contributed by atoms with Crippen LogP contribution in [0.3, 0.4) is 0 Å². The predicted molar refractivity (Wildman–Crippen MR) is 103 cm³/mol. The van der Waals surface area contributed by atoms with Crippen molar-refractivity contribution in [3.63, 3.8) is 0 Å². The van der Waals surface area contributed by atoms with E-state index in [1.807, 2.05) is 11.9 Å². The standard InChI is InChI=1S/C19H28ClN3O3/c1-14(18(24)22-19(25)21-16-6-4-3-5-7-16)23(2)12-13-26-17-10-8-15(20)9-11-17/h8-11,14,16H,3-7,12-13H2,1-2H3,(H2,21,22,24,25). The van der Waals surface area contributed by atoms with Gasteiger partial charge in [-0.15, -0.1) is 0 Å². The summed E-state index contributed by atoms with van der Waals surface area (Å²) >= 11 is 5.83. The molecule has 26 heavy (non-hydrogen) atoms. The highest BCUT2D eigenvalue weighted by Crippen LogP contribution is 2.17. The van der Waals surface area contributed by atoms with E-state index in [9.17, 15) is 9.59 Å². The van der Waals surface area contributed by atoms with Crippen LogP contribution in [0.5, 0.6) is 5.75 Å². The third kappa shape index (κ3) is 6.84. The summed E-state index contributed by atoms with van der Waals surface area (Å²) in [5.74, 6) is 0.416. The van der Waals surface area contributed by atoms with Gasteiger partial charge in [0.15, 0.2) is 0 Å². The average molecular weight is 382 g/mol. The number of ether oxygens (including phenoxy) is 1. The number of benzene rings is 1. The van der Waals surface area contributed by atoms with Crippen molar-refractivity contribution in [2.45, 2.75) is 51.1 Å². The Morgan fingerprint density at radius 3 is 2.54 bits per heavy atom. The molecule has 144 valence electrons. The van der Waals surface area contributed by atoms with E-state index in [4.69, 9.17) is 16.3 Å². The largest absolute Gasteiger partial charge is 0.492 e.